The number of rotatable bonds is 7. The van der Waals surface area contributed by atoms with E-state index in [-0.39, 0.29) is 18.6 Å². The van der Waals surface area contributed by atoms with Crippen LogP contribution < -0.4 is 14.8 Å². The third kappa shape index (κ3) is 4.79. The molecule has 2 aromatic carbocycles. The van der Waals surface area contributed by atoms with Crippen molar-refractivity contribution < 1.29 is 18.8 Å². The highest BCUT2D eigenvalue weighted by atomic mass is 16.5. The first-order valence-electron chi connectivity index (χ1n) is 10.2. The van der Waals surface area contributed by atoms with E-state index in [1.54, 1.807) is 13.2 Å². The summed E-state index contributed by atoms with van der Waals surface area (Å²) in [6, 6.07) is 15.0. The quantitative estimate of drug-likeness (QED) is 0.630. The summed E-state index contributed by atoms with van der Waals surface area (Å²) in [6.07, 6.45) is 5.67. The van der Waals surface area contributed by atoms with Crippen molar-refractivity contribution in [3.63, 3.8) is 0 Å². The molecule has 3 aromatic rings. The first-order chi connectivity index (χ1) is 14.7. The summed E-state index contributed by atoms with van der Waals surface area (Å²) in [5.74, 6) is 1.98. The Hall–Kier alpha value is -3.35. The molecule has 0 bridgehead atoms. The lowest BCUT2D eigenvalue weighted by molar-refractivity contribution is -0.124. The lowest BCUT2D eigenvalue weighted by atomic mass is 9.95. The van der Waals surface area contributed by atoms with Crippen molar-refractivity contribution in [1.82, 2.24) is 15.5 Å². The molecule has 0 spiro atoms. The molecule has 30 heavy (non-hydrogen) atoms. The number of aromatic nitrogens is 2. The van der Waals surface area contributed by atoms with Crippen LogP contribution in [0.4, 0.5) is 0 Å². The molecule has 0 aliphatic heterocycles. The number of nitrogens with one attached hydrogen (secondary N) is 1. The molecular formula is C23H25N3O4. The van der Waals surface area contributed by atoms with Crippen molar-refractivity contribution in [3.8, 4) is 34.3 Å². The van der Waals surface area contributed by atoms with Crippen LogP contribution >= 0.6 is 0 Å². The number of amides is 1. The molecule has 0 unspecified atom stereocenters. The minimum atomic E-state index is -0.110. The van der Waals surface area contributed by atoms with E-state index in [1.807, 2.05) is 42.5 Å². The summed E-state index contributed by atoms with van der Waals surface area (Å²) in [4.78, 5) is 16.8. The largest absolute Gasteiger partial charge is 0.497 e. The van der Waals surface area contributed by atoms with Crippen LogP contribution in [0.3, 0.4) is 0 Å². The predicted octanol–water partition coefficient (Wildman–Crippen LogP) is 4.24. The van der Waals surface area contributed by atoms with Crippen LogP contribution in [0.15, 0.2) is 53.1 Å². The zero-order chi connectivity index (χ0) is 20.8. The summed E-state index contributed by atoms with van der Waals surface area (Å²) in [7, 11) is 1.62. The average Bonchev–Trinajstić information content (AvgIpc) is 3.29. The third-order valence-electron chi connectivity index (χ3n) is 5.22. The molecule has 7 nitrogen and oxygen atoms in total. The molecule has 0 radical (unpaired) electrons. The second kappa shape index (κ2) is 9.43. The fourth-order valence-electron chi connectivity index (χ4n) is 3.62. The van der Waals surface area contributed by atoms with E-state index in [0.29, 0.717) is 23.0 Å². The molecule has 156 valence electrons. The zero-order valence-corrected chi connectivity index (χ0v) is 17.0. The second-order valence-electron chi connectivity index (χ2n) is 7.34. The number of hydrogen-bond acceptors (Lipinski definition) is 6. The first kappa shape index (κ1) is 19.9. The van der Waals surface area contributed by atoms with Gasteiger partial charge < -0.3 is 19.3 Å². The van der Waals surface area contributed by atoms with Gasteiger partial charge in [-0.3, -0.25) is 4.79 Å². The zero-order valence-electron chi connectivity index (χ0n) is 17.0. The van der Waals surface area contributed by atoms with E-state index in [2.05, 4.69) is 15.5 Å². The van der Waals surface area contributed by atoms with Crippen molar-refractivity contribution >= 4 is 5.91 Å². The Bertz CT molecular complexity index is 978. The van der Waals surface area contributed by atoms with Crippen LogP contribution in [0.5, 0.6) is 11.5 Å². The Morgan fingerprint density at radius 1 is 1.10 bits per heavy atom. The van der Waals surface area contributed by atoms with Gasteiger partial charge in [-0.25, -0.2) is 0 Å². The monoisotopic (exact) mass is 407 g/mol. The minimum absolute atomic E-state index is 0.0486. The Labute approximate surface area is 175 Å². The fraction of sp³-hybridized carbons (Fsp3) is 0.348. The predicted molar refractivity (Wildman–Crippen MR) is 112 cm³/mol. The number of carbonyl (C=O) groups excluding carboxylic acids is 1. The van der Waals surface area contributed by atoms with Crippen LogP contribution in [-0.2, 0) is 4.79 Å². The van der Waals surface area contributed by atoms with Crippen molar-refractivity contribution in [2.24, 2.45) is 0 Å². The topological polar surface area (TPSA) is 86.5 Å². The van der Waals surface area contributed by atoms with E-state index in [1.165, 1.54) is 19.3 Å². The Morgan fingerprint density at radius 3 is 2.63 bits per heavy atom. The Morgan fingerprint density at radius 2 is 1.87 bits per heavy atom. The maximum atomic E-state index is 12.3. The standard InChI is InChI=1S/C23H25N3O4/c1-28-18-13-11-16(12-14-18)22-25-23(30-26-22)19-9-5-6-10-20(19)29-15-21(27)24-17-7-3-2-4-8-17/h5-6,9-14,17H,2-4,7-8,15H2,1H3,(H,24,27). The molecule has 4 rings (SSSR count). The van der Waals surface area contributed by atoms with Gasteiger partial charge in [0.2, 0.25) is 5.82 Å². The van der Waals surface area contributed by atoms with Gasteiger partial charge in [0, 0.05) is 11.6 Å². The molecule has 1 amide bonds. The number of carbonyl (C=O) groups is 1. The Kier molecular flexibility index (Phi) is 6.27. The SMILES string of the molecule is COc1ccc(-c2noc(-c3ccccc3OCC(=O)NC3CCCCC3)n2)cc1. The fourth-order valence-corrected chi connectivity index (χ4v) is 3.62. The third-order valence-corrected chi connectivity index (χ3v) is 5.22. The van der Waals surface area contributed by atoms with Gasteiger partial charge in [0.15, 0.2) is 6.61 Å². The summed E-state index contributed by atoms with van der Waals surface area (Å²) < 4.78 is 16.4. The van der Waals surface area contributed by atoms with Crippen LogP contribution in [-0.4, -0.2) is 35.8 Å². The Balaban J connectivity index is 1.44. The minimum Gasteiger partial charge on any atom is -0.497 e. The van der Waals surface area contributed by atoms with Crippen LogP contribution in [0, 0.1) is 0 Å². The summed E-state index contributed by atoms with van der Waals surface area (Å²) >= 11 is 0. The highest BCUT2D eigenvalue weighted by Crippen LogP contribution is 2.30. The number of methoxy groups -OCH3 is 1. The molecule has 1 aliphatic carbocycles. The van der Waals surface area contributed by atoms with E-state index in [4.69, 9.17) is 14.0 Å². The van der Waals surface area contributed by atoms with E-state index in [9.17, 15) is 4.79 Å². The molecule has 1 N–H and O–H groups in total. The van der Waals surface area contributed by atoms with Crippen LogP contribution in [0.2, 0.25) is 0 Å². The average molecular weight is 407 g/mol. The normalized spacial score (nSPS) is 14.3. The number of nitrogens with zero attached hydrogens (tertiary/aromatic N) is 2. The van der Waals surface area contributed by atoms with Crippen molar-refractivity contribution in [2.45, 2.75) is 38.1 Å². The van der Waals surface area contributed by atoms with Crippen molar-refractivity contribution in [3.05, 3.63) is 48.5 Å². The van der Waals surface area contributed by atoms with Crippen molar-refractivity contribution in [1.29, 1.82) is 0 Å². The molecule has 1 fully saturated rings. The molecule has 0 saturated heterocycles. The second-order valence-corrected chi connectivity index (χ2v) is 7.34. The highest BCUT2D eigenvalue weighted by Gasteiger charge is 2.18. The number of para-hydroxylation sites is 1. The molecular weight excluding hydrogens is 382 g/mol. The van der Waals surface area contributed by atoms with E-state index >= 15 is 0 Å². The number of ether oxygens (including phenoxy) is 2. The van der Waals surface area contributed by atoms with Gasteiger partial charge in [-0.05, 0) is 49.2 Å². The van der Waals surface area contributed by atoms with Gasteiger partial charge in [0.05, 0.1) is 12.7 Å². The maximum absolute atomic E-state index is 12.3. The summed E-state index contributed by atoms with van der Waals surface area (Å²) in [5, 5.41) is 7.13. The molecule has 0 atom stereocenters. The van der Waals surface area contributed by atoms with Gasteiger partial charge >= 0.3 is 0 Å². The highest BCUT2D eigenvalue weighted by molar-refractivity contribution is 5.78. The van der Waals surface area contributed by atoms with E-state index < -0.39 is 0 Å². The number of hydrogen-bond donors (Lipinski definition) is 1. The first-order valence-corrected chi connectivity index (χ1v) is 10.2. The number of benzene rings is 2. The van der Waals surface area contributed by atoms with Gasteiger partial charge in [0.1, 0.15) is 11.5 Å². The molecule has 1 aliphatic rings. The lowest BCUT2D eigenvalue weighted by Crippen LogP contribution is -2.39. The van der Waals surface area contributed by atoms with Crippen molar-refractivity contribution in [2.75, 3.05) is 13.7 Å². The van der Waals surface area contributed by atoms with Gasteiger partial charge in [-0.2, -0.15) is 4.98 Å². The van der Waals surface area contributed by atoms with Gasteiger partial charge in [0.25, 0.3) is 11.8 Å². The van der Waals surface area contributed by atoms with E-state index in [0.717, 1.165) is 24.2 Å². The molecule has 7 heteroatoms. The maximum Gasteiger partial charge on any atom is 0.262 e. The summed E-state index contributed by atoms with van der Waals surface area (Å²) in [6.45, 7) is -0.0486. The van der Waals surface area contributed by atoms with Gasteiger partial charge in [-0.15, -0.1) is 0 Å². The van der Waals surface area contributed by atoms with Gasteiger partial charge in [-0.1, -0.05) is 36.6 Å². The molecule has 1 saturated carbocycles. The molecule has 1 aromatic heterocycles. The van der Waals surface area contributed by atoms with Crippen LogP contribution in [0.1, 0.15) is 32.1 Å². The molecule has 1 heterocycles. The smallest absolute Gasteiger partial charge is 0.262 e. The lowest BCUT2D eigenvalue weighted by Gasteiger charge is -2.22. The van der Waals surface area contributed by atoms with Crippen LogP contribution in [0.25, 0.3) is 22.8 Å². The summed E-state index contributed by atoms with van der Waals surface area (Å²) in [5.41, 5.74) is 1.46.